The summed E-state index contributed by atoms with van der Waals surface area (Å²) in [5, 5.41) is 9.69. The molecule has 2 amide bonds. The van der Waals surface area contributed by atoms with E-state index in [2.05, 4.69) is 25.8 Å². The molecule has 1 aromatic carbocycles. The van der Waals surface area contributed by atoms with Crippen molar-refractivity contribution in [3.63, 3.8) is 0 Å². The van der Waals surface area contributed by atoms with Crippen LogP contribution in [0, 0.1) is 0 Å². The SMILES string of the molecule is O=C(NCCc1cccnc1)Nc1cccc(-c2nc(C3CC3)no2)c1. The van der Waals surface area contributed by atoms with Crippen molar-refractivity contribution in [3.8, 4) is 11.5 Å². The maximum Gasteiger partial charge on any atom is 0.319 e. The smallest absolute Gasteiger partial charge is 0.319 e. The molecule has 0 unspecified atom stereocenters. The van der Waals surface area contributed by atoms with Crippen molar-refractivity contribution in [1.82, 2.24) is 20.4 Å². The lowest BCUT2D eigenvalue weighted by Crippen LogP contribution is -2.30. The standard InChI is InChI=1S/C19H19N5O2/c25-19(21-10-8-13-3-2-9-20-12-13)22-16-5-1-4-15(11-16)18-23-17(24-26-18)14-6-7-14/h1-5,9,11-12,14H,6-8,10H2,(H2,21,22,25). The molecule has 1 aliphatic rings. The zero-order valence-electron chi connectivity index (χ0n) is 14.2. The van der Waals surface area contributed by atoms with Gasteiger partial charge in [-0.2, -0.15) is 4.98 Å². The van der Waals surface area contributed by atoms with Crippen LogP contribution in [0.15, 0.2) is 53.3 Å². The normalized spacial score (nSPS) is 13.4. The highest BCUT2D eigenvalue weighted by Gasteiger charge is 2.28. The molecule has 0 aliphatic heterocycles. The van der Waals surface area contributed by atoms with Crippen LogP contribution in [0.5, 0.6) is 0 Å². The van der Waals surface area contributed by atoms with Crippen LogP contribution in [0.25, 0.3) is 11.5 Å². The van der Waals surface area contributed by atoms with E-state index in [4.69, 9.17) is 4.52 Å². The minimum Gasteiger partial charge on any atom is -0.338 e. The lowest BCUT2D eigenvalue weighted by atomic mass is 10.2. The largest absolute Gasteiger partial charge is 0.338 e. The number of nitrogens with zero attached hydrogens (tertiary/aromatic N) is 3. The lowest BCUT2D eigenvalue weighted by Gasteiger charge is -2.08. The van der Waals surface area contributed by atoms with Crippen molar-refractivity contribution >= 4 is 11.7 Å². The van der Waals surface area contributed by atoms with Crippen molar-refractivity contribution in [3.05, 3.63) is 60.2 Å². The van der Waals surface area contributed by atoms with Gasteiger partial charge in [0.15, 0.2) is 5.82 Å². The van der Waals surface area contributed by atoms with Crippen LogP contribution in [0.2, 0.25) is 0 Å². The molecule has 0 atom stereocenters. The maximum absolute atomic E-state index is 12.1. The van der Waals surface area contributed by atoms with Crippen LogP contribution in [0.4, 0.5) is 10.5 Å². The Labute approximate surface area is 150 Å². The zero-order valence-corrected chi connectivity index (χ0v) is 14.2. The summed E-state index contributed by atoms with van der Waals surface area (Å²) < 4.78 is 5.33. The molecule has 0 radical (unpaired) electrons. The number of benzene rings is 1. The number of pyridine rings is 1. The minimum atomic E-state index is -0.254. The van der Waals surface area contributed by atoms with Gasteiger partial charge in [-0.1, -0.05) is 17.3 Å². The van der Waals surface area contributed by atoms with E-state index in [-0.39, 0.29) is 6.03 Å². The summed E-state index contributed by atoms with van der Waals surface area (Å²) >= 11 is 0. The van der Waals surface area contributed by atoms with Gasteiger partial charge in [-0.3, -0.25) is 4.98 Å². The highest BCUT2D eigenvalue weighted by molar-refractivity contribution is 5.89. The van der Waals surface area contributed by atoms with E-state index in [0.29, 0.717) is 24.0 Å². The third-order valence-corrected chi connectivity index (χ3v) is 4.17. The Bertz CT molecular complexity index is 890. The molecule has 2 N–H and O–H groups in total. The second-order valence-electron chi connectivity index (χ2n) is 6.30. The summed E-state index contributed by atoms with van der Waals surface area (Å²) in [7, 11) is 0. The number of hydrogen-bond donors (Lipinski definition) is 2. The molecule has 1 saturated carbocycles. The lowest BCUT2D eigenvalue weighted by molar-refractivity contribution is 0.252. The van der Waals surface area contributed by atoms with E-state index in [0.717, 1.165) is 36.2 Å². The van der Waals surface area contributed by atoms with E-state index >= 15 is 0 Å². The number of hydrogen-bond acceptors (Lipinski definition) is 5. The van der Waals surface area contributed by atoms with Crippen molar-refractivity contribution in [2.75, 3.05) is 11.9 Å². The highest BCUT2D eigenvalue weighted by Crippen LogP contribution is 2.38. The Morgan fingerprint density at radius 2 is 2.15 bits per heavy atom. The van der Waals surface area contributed by atoms with Gasteiger partial charge in [0, 0.05) is 36.1 Å². The van der Waals surface area contributed by atoms with Crippen molar-refractivity contribution in [2.24, 2.45) is 0 Å². The number of carbonyl (C=O) groups excluding carboxylic acids is 1. The van der Waals surface area contributed by atoms with Crippen LogP contribution in [-0.2, 0) is 6.42 Å². The summed E-state index contributed by atoms with van der Waals surface area (Å²) in [6.45, 7) is 0.533. The van der Waals surface area contributed by atoms with Crippen LogP contribution < -0.4 is 10.6 Å². The van der Waals surface area contributed by atoms with Gasteiger partial charge in [-0.25, -0.2) is 4.79 Å². The molecule has 1 fully saturated rings. The molecular weight excluding hydrogens is 330 g/mol. The average Bonchev–Trinajstić information content (AvgIpc) is 3.39. The summed E-state index contributed by atoms with van der Waals surface area (Å²) in [6, 6.07) is 11.0. The molecule has 0 saturated heterocycles. The number of carbonyl (C=O) groups is 1. The Kier molecular flexibility index (Phi) is 4.59. The number of anilines is 1. The number of nitrogens with one attached hydrogen (secondary N) is 2. The molecule has 7 nitrogen and oxygen atoms in total. The van der Waals surface area contributed by atoms with Gasteiger partial charge in [-0.05, 0) is 49.1 Å². The molecule has 4 rings (SSSR count). The van der Waals surface area contributed by atoms with E-state index in [1.54, 1.807) is 12.4 Å². The van der Waals surface area contributed by atoms with Gasteiger partial charge in [0.2, 0.25) is 0 Å². The predicted octanol–water partition coefficient (Wildman–Crippen LogP) is 3.37. The van der Waals surface area contributed by atoms with Gasteiger partial charge in [0.25, 0.3) is 5.89 Å². The van der Waals surface area contributed by atoms with E-state index in [1.165, 1.54) is 0 Å². The second-order valence-corrected chi connectivity index (χ2v) is 6.30. The molecule has 132 valence electrons. The zero-order chi connectivity index (χ0) is 17.8. The van der Waals surface area contributed by atoms with Gasteiger partial charge in [-0.15, -0.1) is 0 Å². The first-order chi connectivity index (χ1) is 12.8. The third-order valence-electron chi connectivity index (χ3n) is 4.17. The molecule has 2 aromatic heterocycles. The van der Waals surface area contributed by atoms with E-state index in [1.807, 2.05) is 36.4 Å². The number of amides is 2. The monoisotopic (exact) mass is 349 g/mol. The van der Waals surface area contributed by atoms with Crippen LogP contribution in [0.3, 0.4) is 0 Å². The summed E-state index contributed by atoms with van der Waals surface area (Å²) in [5.74, 6) is 1.69. The summed E-state index contributed by atoms with van der Waals surface area (Å²) in [5.41, 5.74) is 2.54. The Balaban J connectivity index is 1.33. The maximum atomic E-state index is 12.1. The van der Waals surface area contributed by atoms with Crippen LogP contribution >= 0.6 is 0 Å². The fraction of sp³-hybridized carbons (Fsp3) is 0.263. The highest BCUT2D eigenvalue weighted by atomic mass is 16.5. The van der Waals surface area contributed by atoms with Crippen molar-refractivity contribution in [1.29, 1.82) is 0 Å². The van der Waals surface area contributed by atoms with Crippen LogP contribution in [0.1, 0.15) is 30.1 Å². The van der Waals surface area contributed by atoms with Gasteiger partial charge < -0.3 is 15.2 Å². The van der Waals surface area contributed by atoms with E-state index < -0.39 is 0 Å². The fourth-order valence-electron chi connectivity index (χ4n) is 2.63. The molecule has 3 aromatic rings. The minimum absolute atomic E-state index is 0.254. The molecular formula is C19H19N5O2. The van der Waals surface area contributed by atoms with Crippen molar-refractivity contribution < 1.29 is 9.32 Å². The summed E-state index contributed by atoms with van der Waals surface area (Å²) in [4.78, 5) is 20.6. The van der Waals surface area contributed by atoms with Gasteiger partial charge in [0.1, 0.15) is 0 Å². The third kappa shape index (κ3) is 4.05. The molecule has 1 aliphatic carbocycles. The molecule has 26 heavy (non-hydrogen) atoms. The van der Waals surface area contributed by atoms with Crippen molar-refractivity contribution in [2.45, 2.75) is 25.2 Å². The first-order valence-electron chi connectivity index (χ1n) is 8.66. The van der Waals surface area contributed by atoms with E-state index in [9.17, 15) is 4.79 Å². The molecule has 2 heterocycles. The van der Waals surface area contributed by atoms with Gasteiger partial charge >= 0.3 is 6.03 Å². The number of rotatable bonds is 6. The topological polar surface area (TPSA) is 92.9 Å². The Morgan fingerprint density at radius 3 is 2.96 bits per heavy atom. The molecule has 0 bridgehead atoms. The molecule has 7 heteroatoms. The first kappa shape index (κ1) is 16.3. The second kappa shape index (κ2) is 7.35. The number of aromatic nitrogens is 3. The number of urea groups is 1. The first-order valence-corrected chi connectivity index (χ1v) is 8.66. The average molecular weight is 349 g/mol. The quantitative estimate of drug-likeness (QED) is 0.712. The van der Waals surface area contributed by atoms with Crippen LogP contribution in [-0.4, -0.2) is 27.7 Å². The van der Waals surface area contributed by atoms with Gasteiger partial charge in [0.05, 0.1) is 0 Å². The Hall–Kier alpha value is -3.22. The Morgan fingerprint density at radius 1 is 1.23 bits per heavy atom. The predicted molar refractivity (Wildman–Crippen MR) is 96.7 cm³/mol. The molecule has 0 spiro atoms. The fourth-order valence-corrected chi connectivity index (χ4v) is 2.63. The summed E-state index contributed by atoms with van der Waals surface area (Å²) in [6.07, 6.45) is 6.50.